The number of nitrogens with one attached hydrogen (secondary N) is 2. The molecule has 0 aromatic carbocycles. The lowest BCUT2D eigenvalue weighted by molar-refractivity contribution is -0.111. The number of pyridine rings is 1. The molecule has 0 aliphatic carbocycles. The number of aryl methyl sites for hydroxylation is 1. The summed E-state index contributed by atoms with van der Waals surface area (Å²) in [6, 6.07) is 5.59. The van der Waals surface area contributed by atoms with Crippen molar-refractivity contribution >= 4 is 34.4 Å². The van der Waals surface area contributed by atoms with Gasteiger partial charge in [-0.15, -0.1) is 11.8 Å². The molecule has 0 bridgehead atoms. The number of carbonyl (C=O) groups excluding carboxylic acids is 1. The third-order valence-corrected chi connectivity index (χ3v) is 3.77. The fraction of sp³-hybridized carbons (Fsp3) is 0.133. The van der Waals surface area contributed by atoms with Crippen LogP contribution in [0.2, 0.25) is 0 Å². The van der Waals surface area contributed by atoms with Gasteiger partial charge in [0.25, 0.3) is 0 Å². The molecule has 0 spiro atoms. The van der Waals surface area contributed by atoms with Gasteiger partial charge in [0.05, 0.1) is 23.9 Å². The maximum atomic E-state index is 11.8. The number of H-pyrrole nitrogens is 1. The van der Waals surface area contributed by atoms with Gasteiger partial charge in [0.1, 0.15) is 5.76 Å². The summed E-state index contributed by atoms with van der Waals surface area (Å²) < 4.78 is 5.21. The third kappa shape index (κ3) is 3.37. The lowest BCUT2D eigenvalue weighted by Gasteiger charge is -2.01. The van der Waals surface area contributed by atoms with E-state index in [0.717, 1.165) is 16.8 Å². The molecule has 0 saturated heterocycles. The molecule has 3 aromatic heterocycles. The van der Waals surface area contributed by atoms with Crippen molar-refractivity contribution in [3.8, 4) is 0 Å². The van der Waals surface area contributed by atoms with E-state index in [4.69, 9.17) is 4.42 Å². The minimum atomic E-state index is -0.200. The molecule has 0 unspecified atom stereocenters. The lowest BCUT2D eigenvalue weighted by Crippen LogP contribution is -2.07. The summed E-state index contributed by atoms with van der Waals surface area (Å²) in [7, 11) is 0. The molecule has 3 rings (SSSR count). The van der Waals surface area contributed by atoms with Crippen LogP contribution in [0.15, 0.2) is 46.6 Å². The molecule has 3 aromatic rings. The zero-order chi connectivity index (χ0) is 15.4. The number of anilines is 1. The second kappa shape index (κ2) is 6.48. The number of nitrogens with zero attached hydrogens (tertiary/aromatic N) is 2. The highest BCUT2D eigenvalue weighted by Gasteiger charge is 2.05. The molecule has 112 valence electrons. The summed E-state index contributed by atoms with van der Waals surface area (Å²) in [4.78, 5) is 16.0. The molecular weight excluding hydrogens is 300 g/mol. The van der Waals surface area contributed by atoms with E-state index < -0.39 is 0 Å². The molecule has 1 amide bonds. The smallest absolute Gasteiger partial charge is 0.248 e. The monoisotopic (exact) mass is 314 g/mol. The molecule has 0 radical (unpaired) electrons. The number of thioether (sulfide) groups is 1. The predicted molar refractivity (Wildman–Crippen MR) is 86.4 cm³/mol. The maximum absolute atomic E-state index is 11.8. The van der Waals surface area contributed by atoms with Gasteiger partial charge >= 0.3 is 0 Å². The van der Waals surface area contributed by atoms with E-state index in [-0.39, 0.29) is 5.91 Å². The predicted octanol–water partition coefficient (Wildman–Crippen LogP) is 3.24. The number of carbonyl (C=O) groups is 1. The molecule has 3 heterocycles. The van der Waals surface area contributed by atoms with Gasteiger partial charge in [-0.05, 0) is 30.5 Å². The van der Waals surface area contributed by atoms with Crippen LogP contribution in [0.25, 0.3) is 11.0 Å². The molecule has 0 atom stereocenters. The Bertz CT molecular complexity index is 808. The Kier molecular flexibility index (Phi) is 4.24. The van der Waals surface area contributed by atoms with Gasteiger partial charge in [-0.2, -0.15) is 5.10 Å². The van der Waals surface area contributed by atoms with Crippen molar-refractivity contribution in [2.45, 2.75) is 12.7 Å². The first-order valence-electron chi connectivity index (χ1n) is 6.64. The van der Waals surface area contributed by atoms with Gasteiger partial charge in [0.2, 0.25) is 5.91 Å². The van der Waals surface area contributed by atoms with Crippen molar-refractivity contribution in [1.29, 1.82) is 0 Å². The second-order valence-electron chi connectivity index (χ2n) is 4.63. The summed E-state index contributed by atoms with van der Waals surface area (Å²) in [5, 5.41) is 12.3. The summed E-state index contributed by atoms with van der Waals surface area (Å²) in [5.74, 6) is 1.37. The summed E-state index contributed by atoms with van der Waals surface area (Å²) >= 11 is 1.49. The van der Waals surface area contributed by atoms with Crippen molar-refractivity contribution in [2.75, 3.05) is 5.32 Å². The van der Waals surface area contributed by atoms with Crippen LogP contribution in [0.1, 0.15) is 11.5 Å². The van der Waals surface area contributed by atoms with E-state index in [1.807, 2.05) is 25.1 Å². The quantitative estimate of drug-likeness (QED) is 0.706. The van der Waals surface area contributed by atoms with Gasteiger partial charge in [0.15, 0.2) is 5.65 Å². The zero-order valence-corrected chi connectivity index (χ0v) is 12.7. The topological polar surface area (TPSA) is 83.8 Å². The Balaban J connectivity index is 1.56. The highest BCUT2D eigenvalue weighted by atomic mass is 32.2. The van der Waals surface area contributed by atoms with Crippen molar-refractivity contribution in [2.24, 2.45) is 0 Å². The van der Waals surface area contributed by atoms with Crippen LogP contribution in [0.5, 0.6) is 0 Å². The number of aromatic amines is 1. The van der Waals surface area contributed by atoms with Gasteiger partial charge in [0, 0.05) is 17.2 Å². The Morgan fingerprint density at radius 1 is 1.55 bits per heavy atom. The second-order valence-corrected chi connectivity index (χ2v) is 5.52. The molecule has 0 aliphatic rings. The van der Waals surface area contributed by atoms with Crippen LogP contribution in [-0.2, 0) is 10.5 Å². The number of fused-ring (bicyclic) bond motifs is 1. The molecule has 0 saturated carbocycles. The summed E-state index contributed by atoms with van der Waals surface area (Å²) in [6.07, 6.45) is 4.71. The maximum Gasteiger partial charge on any atom is 0.248 e. The third-order valence-electron chi connectivity index (χ3n) is 2.99. The first-order chi connectivity index (χ1) is 10.7. The molecule has 0 aliphatic heterocycles. The molecular formula is C15H14N4O2S. The molecule has 6 nitrogen and oxygen atoms in total. The van der Waals surface area contributed by atoms with Crippen LogP contribution in [0, 0.1) is 6.92 Å². The highest BCUT2D eigenvalue weighted by Crippen LogP contribution is 2.18. The van der Waals surface area contributed by atoms with Crippen LogP contribution in [0.4, 0.5) is 5.69 Å². The van der Waals surface area contributed by atoms with Crippen LogP contribution >= 0.6 is 11.8 Å². The van der Waals surface area contributed by atoms with E-state index in [1.54, 1.807) is 17.9 Å². The van der Waals surface area contributed by atoms with E-state index in [1.165, 1.54) is 17.8 Å². The lowest BCUT2D eigenvalue weighted by atomic mass is 10.2. The minimum Gasteiger partial charge on any atom is -0.468 e. The summed E-state index contributed by atoms with van der Waals surface area (Å²) in [6.45, 7) is 1.91. The Morgan fingerprint density at radius 3 is 3.27 bits per heavy atom. The molecule has 0 fully saturated rings. The fourth-order valence-corrected chi connectivity index (χ4v) is 2.55. The standard InChI is InChI=1S/C15H14N4O2S/c1-10-13-7-11(8-16-15(13)19-18-10)17-14(20)4-6-22-9-12-3-2-5-21-12/h2-8H,9H2,1H3,(H,17,20)(H,16,18,19)/b6-4+. The van der Waals surface area contributed by atoms with Crippen LogP contribution < -0.4 is 5.32 Å². The number of furan rings is 1. The first-order valence-corrected chi connectivity index (χ1v) is 7.69. The summed E-state index contributed by atoms with van der Waals surface area (Å²) in [5.41, 5.74) is 2.20. The van der Waals surface area contributed by atoms with Crippen molar-refractivity contribution < 1.29 is 9.21 Å². The average Bonchev–Trinajstić information content (AvgIpc) is 3.14. The van der Waals surface area contributed by atoms with Gasteiger partial charge in [-0.3, -0.25) is 9.89 Å². The average molecular weight is 314 g/mol. The minimum absolute atomic E-state index is 0.200. The van der Waals surface area contributed by atoms with E-state index in [2.05, 4.69) is 20.5 Å². The number of hydrogen-bond donors (Lipinski definition) is 2. The number of hydrogen-bond acceptors (Lipinski definition) is 5. The highest BCUT2D eigenvalue weighted by molar-refractivity contribution is 8.01. The number of amides is 1. The SMILES string of the molecule is Cc1[nH]nc2ncc(NC(=O)/C=C/SCc3ccco3)cc12. The van der Waals surface area contributed by atoms with E-state index in [0.29, 0.717) is 17.1 Å². The van der Waals surface area contributed by atoms with Crippen molar-refractivity contribution in [1.82, 2.24) is 15.2 Å². The largest absolute Gasteiger partial charge is 0.468 e. The number of rotatable bonds is 5. The Hall–Kier alpha value is -2.54. The fourth-order valence-electron chi connectivity index (χ4n) is 1.91. The van der Waals surface area contributed by atoms with E-state index in [9.17, 15) is 4.79 Å². The van der Waals surface area contributed by atoms with Gasteiger partial charge in [-0.25, -0.2) is 4.98 Å². The normalized spacial score (nSPS) is 11.3. The molecule has 22 heavy (non-hydrogen) atoms. The zero-order valence-electron chi connectivity index (χ0n) is 11.9. The molecule has 2 N–H and O–H groups in total. The molecule has 7 heteroatoms. The van der Waals surface area contributed by atoms with Crippen LogP contribution in [0.3, 0.4) is 0 Å². The number of aromatic nitrogens is 3. The Labute approximate surface area is 131 Å². The van der Waals surface area contributed by atoms with E-state index >= 15 is 0 Å². The van der Waals surface area contributed by atoms with Crippen molar-refractivity contribution in [3.05, 3.63) is 53.6 Å². The Morgan fingerprint density at radius 2 is 2.45 bits per heavy atom. The first kappa shape index (κ1) is 14.4. The van der Waals surface area contributed by atoms with Gasteiger partial charge < -0.3 is 9.73 Å². The van der Waals surface area contributed by atoms with Crippen LogP contribution in [-0.4, -0.2) is 21.1 Å². The van der Waals surface area contributed by atoms with Crippen molar-refractivity contribution in [3.63, 3.8) is 0 Å². The van der Waals surface area contributed by atoms with Gasteiger partial charge in [-0.1, -0.05) is 0 Å².